The molecule has 1 aromatic carbocycles. The first kappa shape index (κ1) is 23.6. The first-order chi connectivity index (χ1) is 16.5. The predicted octanol–water partition coefficient (Wildman–Crippen LogP) is 5.59. The lowest BCUT2D eigenvalue weighted by Gasteiger charge is -2.53. The maximum atomic E-state index is 12.2. The summed E-state index contributed by atoms with van der Waals surface area (Å²) in [6.07, 6.45) is 14.4. The van der Waals surface area contributed by atoms with Crippen molar-refractivity contribution in [1.82, 2.24) is 0 Å². The summed E-state index contributed by atoms with van der Waals surface area (Å²) in [5, 5.41) is 9.43. The van der Waals surface area contributed by atoms with E-state index in [0.717, 1.165) is 38.5 Å². The highest BCUT2D eigenvalue weighted by Gasteiger charge is 2.58. The molecule has 0 aromatic heterocycles. The van der Waals surface area contributed by atoms with Crippen molar-refractivity contribution in [1.29, 1.82) is 0 Å². The van der Waals surface area contributed by atoms with Crippen molar-refractivity contribution in [3.05, 3.63) is 64.8 Å². The van der Waals surface area contributed by atoms with Gasteiger partial charge in [0.1, 0.15) is 0 Å². The second kappa shape index (κ2) is 9.47. The smallest absolute Gasteiger partial charge is 0.156 e. The zero-order chi connectivity index (χ0) is 23.9. The number of anilines is 1. The van der Waals surface area contributed by atoms with Gasteiger partial charge in [0.2, 0.25) is 0 Å². The Morgan fingerprint density at radius 3 is 2.59 bits per heavy atom. The van der Waals surface area contributed by atoms with Crippen LogP contribution in [-0.2, 0) is 9.53 Å². The Morgan fingerprint density at radius 2 is 1.88 bits per heavy atom. The van der Waals surface area contributed by atoms with Gasteiger partial charge in [0.05, 0.1) is 12.7 Å². The van der Waals surface area contributed by atoms with Crippen LogP contribution >= 0.6 is 0 Å². The lowest BCUT2D eigenvalue weighted by molar-refractivity contribution is -0.114. The maximum absolute atomic E-state index is 12.2. The van der Waals surface area contributed by atoms with E-state index in [9.17, 15) is 9.90 Å². The molecule has 182 valence electrons. The number of ether oxygens (including phenoxy) is 1. The van der Waals surface area contributed by atoms with E-state index in [0.29, 0.717) is 30.0 Å². The fourth-order valence-electron chi connectivity index (χ4n) is 7.81. The van der Waals surface area contributed by atoms with Gasteiger partial charge in [-0.3, -0.25) is 4.79 Å². The van der Waals surface area contributed by atoms with Crippen molar-refractivity contribution < 1.29 is 14.6 Å². The van der Waals surface area contributed by atoms with Crippen LogP contribution in [0.15, 0.2) is 59.2 Å². The van der Waals surface area contributed by atoms with Crippen molar-refractivity contribution in [2.45, 2.75) is 63.4 Å². The van der Waals surface area contributed by atoms with Crippen molar-refractivity contribution in [2.75, 3.05) is 32.7 Å². The van der Waals surface area contributed by atoms with Gasteiger partial charge in [0.25, 0.3) is 0 Å². The topological polar surface area (TPSA) is 49.8 Å². The average molecular weight is 462 g/mol. The molecule has 4 aliphatic carbocycles. The number of aliphatic hydroxyl groups excluding tert-OH is 1. The van der Waals surface area contributed by atoms with Crippen LogP contribution in [0.4, 0.5) is 5.69 Å². The molecule has 0 bridgehead atoms. The fourth-order valence-corrected chi connectivity index (χ4v) is 7.81. The minimum absolute atomic E-state index is 0.0890. The van der Waals surface area contributed by atoms with Gasteiger partial charge in [-0.1, -0.05) is 29.9 Å². The number of hydrogen-bond acceptors (Lipinski definition) is 4. The van der Waals surface area contributed by atoms with Gasteiger partial charge in [0.15, 0.2) is 5.78 Å². The number of carbonyl (C=O) groups excluding carboxylic acids is 1. The van der Waals surface area contributed by atoms with Gasteiger partial charge in [-0.25, -0.2) is 0 Å². The molecule has 34 heavy (non-hydrogen) atoms. The largest absolute Gasteiger partial charge is 0.392 e. The van der Waals surface area contributed by atoms with E-state index in [1.807, 2.05) is 19.3 Å². The molecule has 1 N–H and O–H groups in total. The molecule has 0 heterocycles. The highest BCUT2D eigenvalue weighted by molar-refractivity contribution is 5.93. The van der Waals surface area contributed by atoms with Gasteiger partial charge < -0.3 is 14.7 Å². The monoisotopic (exact) mass is 461 g/mol. The number of ketones is 1. The predicted molar refractivity (Wildman–Crippen MR) is 137 cm³/mol. The van der Waals surface area contributed by atoms with Crippen LogP contribution in [0.1, 0.15) is 62.8 Å². The summed E-state index contributed by atoms with van der Waals surface area (Å²) in [5.74, 6) is 1.79. The van der Waals surface area contributed by atoms with E-state index in [1.54, 1.807) is 5.57 Å². The Kier molecular flexibility index (Phi) is 6.56. The van der Waals surface area contributed by atoms with Crippen LogP contribution in [0.5, 0.6) is 0 Å². The maximum Gasteiger partial charge on any atom is 0.156 e. The van der Waals surface area contributed by atoms with Gasteiger partial charge in [-0.2, -0.15) is 0 Å². The highest BCUT2D eigenvalue weighted by atomic mass is 16.5. The Hall–Kier alpha value is -2.17. The summed E-state index contributed by atoms with van der Waals surface area (Å²) in [6, 6.07) is 9.13. The molecule has 2 fully saturated rings. The molecular formula is C30H39NO3. The number of carbonyl (C=O) groups is 1. The first-order valence-electron chi connectivity index (χ1n) is 13.0. The molecule has 2 saturated carbocycles. The van der Waals surface area contributed by atoms with Crippen LogP contribution < -0.4 is 4.90 Å². The Balaban J connectivity index is 1.65. The number of benzene rings is 1. The third-order valence-corrected chi connectivity index (χ3v) is 9.25. The van der Waals surface area contributed by atoms with E-state index in [4.69, 9.17) is 4.74 Å². The summed E-state index contributed by atoms with van der Waals surface area (Å²) in [7, 11) is 6.05. The summed E-state index contributed by atoms with van der Waals surface area (Å²) >= 11 is 0. The van der Waals surface area contributed by atoms with Gasteiger partial charge in [0, 0.05) is 44.6 Å². The molecular weight excluding hydrogens is 422 g/mol. The summed E-state index contributed by atoms with van der Waals surface area (Å²) in [5.41, 5.74) is 7.14. The second-order valence-electron chi connectivity index (χ2n) is 11.0. The molecule has 1 unspecified atom stereocenters. The summed E-state index contributed by atoms with van der Waals surface area (Å²) in [4.78, 5) is 14.4. The molecule has 0 radical (unpaired) electrons. The SMILES string of the molecule is CO[C@H]1CC[C@H]2[C@@H]3CCC4=CC(=O)CCC4=C3[C@@H](c3ccc(N(C)C)cc3)CC12CC=CCO. The summed E-state index contributed by atoms with van der Waals surface area (Å²) in [6.45, 7) is 0.0920. The van der Waals surface area contributed by atoms with Crippen LogP contribution in [0.2, 0.25) is 0 Å². The standard InChI is InChI=1S/C30H39NO3/c1-31(2)22-9-6-20(7-10-22)26-19-30(16-4-5-17-32)27(14-15-28(30)34-3)25-12-8-21-18-23(33)11-13-24(21)29(25)26/h4-7,9-10,18,25-28,32H,8,11-17,19H2,1-3H3/t25-,26+,27-,28-,30?/m0/s1. The number of rotatable bonds is 6. The minimum Gasteiger partial charge on any atom is -0.392 e. The molecule has 4 aliphatic rings. The van der Waals surface area contributed by atoms with Crippen molar-refractivity contribution >= 4 is 11.5 Å². The fraction of sp³-hybridized carbons (Fsp3) is 0.567. The molecule has 0 amide bonds. The number of methoxy groups -OCH3 is 1. The average Bonchev–Trinajstić information content (AvgIpc) is 3.21. The highest BCUT2D eigenvalue weighted by Crippen LogP contribution is 2.65. The zero-order valence-electron chi connectivity index (χ0n) is 20.9. The number of nitrogens with zero attached hydrogens (tertiary/aromatic N) is 1. The third-order valence-electron chi connectivity index (χ3n) is 9.25. The molecule has 4 heteroatoms. The molecule has 0 saturated heterocycles. The van der Waals surface area contributed by atoms with Crippen molar-refractivity contribution in [3.8, 4) is 0 Å². The molecule has 1 aromatic rings. The van der Waals surface area contributed by atoms with E-state index >= 15 is 0 Å². The van der Waals surface area contributed by atoms with Crippen LogP contribution in [0, 0.1) is 17.3 Å². The van der Waals surface area contributed by atoms with Crippen molar-refractivity contribution in [2.24, 2.45) is 17.3 Å². The van der Waals surface area contributed by atoms with Gasteiger partial charge in [-0.15, -0.1) is 0 Å². The summed E-state index contributed by atoms with van der Waals surface area (Å²) < 4.78 is 6.17. The third kappa shape index (κ3) is 3.89. The Morgan fingerprint density at radius 1 is 1.09 bits per heavy atom. The number of aliphatic hydroxyl groups is 1. The number of allylic oxidation sites excluding steroid dienone is 5. The molecule has 5 rings (SSSR count). The lowest BCUT2D eigenvalue weighted by atomic mass is 9.51. The van der Waals surface area contributed by atoms with Crippen LogP contribution in [-0.4, -0.2) is 44.8 Å². The van der Waals surface area contributed by atoms with Crippen LogP contribution in [0.3, 0.4) is 0 Å². The van der Waals surface area contributed by atoms with E-state index in [-0.39, 0.29) is 18.1 Å². The number of hydrogen-bond donors (Lipinski definition) is 1. The van der Waals surface area contributed by atoms with Crippen LogP contribution in [0.25, 0.3) is 0 Å². The first-order valence-corrected chi connectivity index (χ1v) is 13.0. The quantitative estimate of drug-likeness (QED) is 0.562. The zero-order valence-corrected chi connectivity index (χ0v) is 20.9. The Bertz CT molecular complexity index is 1020. The van der Waals surface area contributed by atoms with E-state index in [1.165, 1.54) is 28.8 Å². The normalized spacial score (nSPS) is 32.9. The molecule has 0 spiro atoms. The number of fused-ring (bicyclic) bond motifs is 4. The van der Waals surface area contributed by atoms with E-state index < -0.39 is 0 Å². The van der Waals surface area contributed by atoms with E-state index in [2.05, 4.69) is 49.3 Å². The Labute approximate surface area is 204 Å². The molecule has 0 aliphatic heterocycles. The second-order valence-corrected chi connectivity index (χ2v) is 11.0. The van der Waals surface area contributed by atoms with Crippen molar-refractivity contribution in [3.63, 3.8) is 0 Å². The lowest BCUT2D eigenvalue weighted by Crippen LogP contribution is -2.47. The minimum atomic E-state index is 0.0890. The molecule has 5 atom stereocenters. The van der Waals surface area contributed by atoms with Gasteiger partial charge >= 0.3 is 0 Å². The molecule has 4 nitrogen and oxygen atoms in total. The van der Waals surface area contributed by atoms with Gasteiger partial charge in [-0.05, 0) is 91.7 Å².